The summed E-state index contributed by atoms with van der Waals surface area (Å²) in [5.41, 5.74) is 7.38. The average molecular weight is 257 g/mol. The zero-order chi connectivity index (χ0) is 13.7. The van der Waals surface area contributed by atoms with E-state index in [0.717, 1.165) is 11.1 Å². The van der Waals surface area contributed by atoms with Gasteiger partial charge < -0.3 is 15.6 Å². The Morgan fingerprint density at radius 1 is 1.11 bits per heavy atom. The molecule has 2 rings (SSSR count). The van der Waals surface area contributed by atoms with Gasteiger partial charge in [-0.15, -0.1) is 0 Å². The summed E-state index contributed by atoms with van der Waals surface area (Å²) >= 11 is 0. The number of ether oxygens (including phenoxy) is 1. The topological polar surface area (TPSA) is 72.6 Å². The van der Waals surface area contributed by atoms with E-state index < -0.39 is 5.91 Å². The molecule has 0 spiro atoms. The number of amides is 1. The van der Waals surface area contributed by atoms with Crippen molar-refractivity contribution in [2.75, 3.05) is 13.2 Å². The van der Waals surface area contributed by atoms with Gasteiger partial charge in [0, 0.05) is 5.56 Å². The molecular formula is C15H15NO3. The summed E-state index contributed by atoms with van der Waals surface area (Å²) in [7, 11) is 0. The van der Waals surface area contributed by atoms with Gasteiger partial charge in [0.15, 0.2) is 0 Å². The van der Waals surface area contributed by atoms with Gasteiger partial charge in [0.05, 0.1) is 12.2 Å². The molecule has 4 heteroatoms. The molecule has 4 nitrogen and oxygen atoms in total. The largest absolute Gasteiger partial charge is 0.490 e. The number of benzene rings is 2. The summed E-state index contributed by atoms with van der Waals surface area (Å²) in [6, 6.07) is 14.8. The fraction of sp³-hybridized carbons (Fsp3) is 0.133. The van der Waals surface area contributed by atoms with E-state index in [9.17, 15) is 4.79 Å². The van der Waals surface area contributed by atoms with Crippen molar-refractivity contribution in [2.45, 2.75) is 0 Å². The van der Waals surface area contributed by atoms with Crippen LogP contribution in [0, 0.1) is 0 Å². The van der Waals surface area contributed by atoms with Gasteiger partial charge in [-0.25, -0.2) is 0 Å². The number of aliphatic hydroxyl groups excluding tert-OH is 1. The first-order valence-corrected chi connectivity index (χ1v) is 5.96. The highest BCUT2D eigenvalue weighted by Gasteiger charge is 2.14. The van der Waals surface area contributed by atoms with Gasteiger partial charge in [0.1, 0.15) is 12.4 Å². The summed E-state index contributed by atoms with van der Waals surface area (Å²) in [6.07, 6.45) is 0. The van der Waals surface area contributed by atoms with Crippen LogP contribution in [0.1, 0.15) is 10.4 Å². The van der Waals surface area contributed by atoms with Crippen molar-refractivity contribution in [1.82, 2.24) is 0 Å². The molecule has 0 radical (unpaired) electrons. The lowest BCUT2D eigenvalue weighted by Crippen LogP contribution is -2.14. The average Bonchev–Trinajstić information content (AvgIpc) is 2.45. The highest BCUT2D eigenvalue weighted by Crippen LogP contribution is 2.33. The molecule has 0 unspecified atom stereocenters. The van der Waals surface area contributed by atoms with Crippen LogP contribution in [0.3, 0.4) is 0 Å². The van der Waals surface area contributed by atoms with Crippen LogP contribution in [0.15, 0.2) is 48.5 Å². The van der Waals surface area contributed by atoms with E-state index in [1.807, 2.05) is 36.4 Å². The molecule has 3 N–H and O–H groups in total. The van der Waals surface area contributed by atoms with Crippen LogP contribution in [0.25, 0.3) is 11.1 Å². The molecule has 0 atom stereocenters. The minimum absolute atomic E-state index is 0.115. The normalized spacial score (nSPS) is 10.2. The quantitative estimate of drug-likeness (QED) is 0.858. The number of nitrogens with two attached hydrogens (primary N) is 1. The lowest BCUT2D eigenvalue weighted by Gasteiger charge is -2.14. The van der Waals surface area contributed by atoms with E-state index >= 15 is 0 Å². The number of hydrogen-bond acceptors (Lipinski definition) is 3. The second-order valence-electron chi connectivity index (χ2n) is 3.98. The zero-order valence-corrected chi connectivity index (χ0v) is 10.4. The maximum absolute atomic E-state index is 11.4. The highest BCUT2D eigenvalue weighted by atomic mass is 16.5. The summed E-state index contributed by atoms with van der Waals surface area (Å²) in [5, 5.41) is 8.88. The van der Waals surface area contributed by atoms with E-state index in [4.69, 9.17) is 15.6 Å². The Bertz CT molecular complexity index is 567. The number of rotatable bonds is 5. The van der Waals surface area contributed by atoms with Gasteiger partial charge >= 0.3 is 0 Å². The summed E-state index contributed by atoms with van der Waals surface area (Å²) < 4.78 is 5.48. The maximum Gasteiger partial charge on any atom is 0.252 e. The maximum atomic E-state index is 11.4. The number of carbonyl (C=O) groups excluding carboxylic acids is 1. The third kappa shape index (κ3) is 2.92. The molecule has 0 saturated carbocycles. The summed E-state index contributed by atoms with van der Waals surface area (Å²) in [5.74, 6) is -0.138. The lowest BCUT2D eigenvalue weighted by atomic mass is 10.0. The Kier molecular flexibility index (Phi) is 4.15. The fourth-order valence-electron chi connectivity index (χ4n) is 1.88. The number of hydrogen-bond donors (Lipinski definition) is 2. The number of para-hydroxylation sites is 1. The standard InChI is InChI=1S/C15H15NO3/c16-15(18)13-8-4-7-12(14(13)19-10-9-17)11-5-2-1-3-6-11/h1-8,17H,9-10H2,(H2,16,18). The number of aliphatic hydroxyl groups is 1. The van der Waals surface area contributed by atoms with Gasteiger partial charge in [0.25, 0.3) is 5.91 Å². The van der Waals surface area contributed by atoms with E-state index in [1.165, 1.54) is 0 Å². The first kappa shape index (κ1) is 13.1. The van der Waals surface area contributed by atoms with Gasteiger partial charge in [-0.1, -0.05) is 42.5 Å². The van der Waals surface area contributed by atoms with Crippen LogP contribution in [0.5, 0.6) is 5.75 Å². The van der Waals surface area contributed by atoms with Crippen LogP contribution in [0.4, 0.5) is 0 Å². The zero-order valence-electron chi connectivity index (χ0n) is 10.4. The van der Waals surface area contributed by atoms with Gasteiger partial charge in [0.2, 0.25) is 0 Å². The lowest BCUT2D eigenvalue weighted by molar-refractivity contribution is 0.0994. The second-order valence-corrected chi connectivity index (χ2v) is 3.98. The molecule has 0 aliphatic carbocycles. The molecule has 0 heterocycles. The Morgan fingerprint density at radius 3 is 2.47 bits per heavy atom. The minimum atomic E-state index is -0.550. The molecule has 2 aromatic rings. The predicted octanol–water partition coefficient (Wildman–Crippen LogP) is 1.82. The van der Waals surface area contributed by atoms with Crippen molar-refractivity contribution in [2.24, 2.45) is 5.73 Å². The molecule has 0 fully saturated rings. The molecule has 0 aliphatic rings. The van der Waals surface area contributed by atoms with Gasteiger partial charge in [-0.2, -0.15) is 0 Å². The van der Waals surface area contributed by atoms with Crippen molar-refractivity contribution >= 4 is 5.91 Å². The fourth-order valence-corrected chi connectivity index (χ4v) is 1.88. The van der Waals surface area contributed by atoms with Crippen LogP contribution in [-0.2, 0) is 0 Å². The molecule has 0 aliphatic heterocycles. The molecule has 0 aromatic heterocycles. The van der Waals surface area contributed by atoms with E-state index in [0.29, 0.717) is 11.3 Å². The van der Waals surface area contributed by atoms with Crippen LogP contribution < -0.4 is 10.5 Å². The molecular weight excluding hydrogens is 242 g/mol. The van der Waals surface area contributed by atoms with Crippen molar-refractivity contribution in [1.29, 1.82) is 0 Å². The summed E-state index contributed by atoms with van der Waals surface area (Å²) in [6.45, 7) is -0.00848. The van der Waals surface area contributed by atoms with Crippen LogP contribution in [-0.4, -0.2) is 24.2 Å². The monoisotopic (exact) mass is 257 g/mol. The highest BCUT2D eigenvalue weighted by molar-refractivity contribution is 5.98. The van der Waals surface area contributed by atoms with Crippen LogP contribution >= 0.6 is 0 Å². The molecule has 98 valence electrons. The third-order valence-electron chi connectivity index (χ3n) is 2.70. The Hall–Kier alpha value is -2.33. The van der Waals surface area contributed by atoms with Crippen molar-refractivity contribution in [3.05, 3.63) is 54.1 Å². The first-order valence-electron chi connectivity index (χ1n) is 5.96. The molecule has 2 aromatic carbocycles. The Labute approximate surface area is 111 Å². The van der Waals surface area contributed by atoms with E-state index in [1.54, 1.807) is 12.1 Å². The first-order chi connectivity index (χ1) is 9.24. The summed E-state index contributed by atoms with van der Waals surface area (Å²) in [4.78, 5) is 11.4. The number of carbonyl (C=O) groups is 1. The van der Waals surface area contributed by atoms with E-state index in [2.05, 4.69) is 0 Å². The molecule has 19 heavy (non-hydrogen) atoms. The minimum Gasteiger partial charge on any atom is -0.490 e. The second kappa shape index (κ2) is 6.02. The smallest absolute Gasteiger partial charge is 0.252 e. The van der Waals surface area contributed by atoms with Crippen LogP contribution in [0.2, 0.25) is 0 Å². The predicted molar refractivity (Wildman–Crippen MR) is 73.0 cm³/mol. The molecule has 1 amide bonds. The van der Waals surface area contributed by atoms with Gasteiger partial charge in [-0.3, -0.25) is 4.79 Å². The van der Waals surface area contributed by atoms with Crippen molar-refractivity contribution < 1.29 is 14.6 Å². The SMILES string of the molecule is NC(=O)c1cccc(-c2ccccc2)c1OCCO. The molecule has 0 bridgehead atoms. The number of primary amides is 1. The van der Waals surface area contributed by atoms with Crippen molar-refractivity contribution in [3.63, 3.8) is 0 Å². The third-order valence-corrected chi connectivity index (χ3v) is 2.70. The van der Waals surface area contributed by atoms with Crippen molar-refractivity contribution in [3.8, 4) is 16.9 Å². The molecule has 0 saturated heterocycles. The Balaban J connectivity index is 2.53. The van der Waals surface area contributed by atoms with Gasteiger partial charge in [-0.05, 0) is 11.6 Å². The Morgan fingerprint density at radius 2 is 1.84 bits per heavy atom. The van der Waals surface area contributed by atoms with E-state index in [-0.39, 0.29) is 13.2 Å².